The Balaban J connectivity index is 1.81. The third-order valence-electron chi connectivity index (χ3n) is 3.60. The molecule has 0 radical (unpaired) electrons. The van der Waals surface area contributed by atoms with Crippen LogP contribution in [-0.4, -0.2) is 32.3 Å². The van der Waals surface area contributed by atoms with Crippen molar-refractivity contribution in [2.75, 3.05) is 26.4 Å². The van der Waals surface area contributed by atoms with E-state index >= 15 is 0 Å². The number of carbonyl (C=O) groups is 1. The van der Waals surface area contributed by atoms with Crippen LogP contribution in [0.15, 0.2) is 36.4 Å². The molecule has 0 aromatic heterocycles. The Morgan fingerprint density at radius 1 is 0.926 bits per heavy atom. The summed E-state index contributed by atoms with van der Waals surface area (Å²) >= 11 is 0. The van der Waals surface area contributed by atoms with E-state index in [0.717, 1.165) is 17.7 Å². The second-order valence-corrected chi connectivity index (χ2v) is 5.61. The number of ether oxygens (including phenoxy) is 3. The molecule has 0 heterocycles. The number of benzene rings is 2. The van der Waals surface area contributed by atoms with Gasteiger partial charge >= 0.3 is 0 Å². The van der Waals surface area contributed by atoms with Gasteiger partial charge in [-0.25, -0.2) is 8.78 Å². The zero-order valence-electron chi connectivity index (χ0n) is 15.4. The Hall–Kier alpha value is -2.83. The van der Waals surface area contributed by atoms with Gasteiger partial charge in [0.25, 0.3) is 5.91 Å². The number of nitrogens with one attached hydrogen (secondary N) is 1. The second kappa shape index (κ2) is 10.4. The Kier molecular flexibility index (Phi) is 7.85. The number of rotatable bonds is 10. The van der Waals surface area contributed by atoms with Crippen molar-refractivity contribution in [2.24, 2.45) is 0 Å². The first-order valence-electron chi connectivity index (χ1n) is 8.76. The minimum absolute atomic E-state index is 0.167. The number of hydrogen-bond donors (Lipinski definition) is 1. The van der Waals surface area contributed by atoms with Crippen molar-refractivity contribution in [1.29, 1.82) is 0 Å². The van der Waals surface area contributed by atoms with Gasteiger partial charge < -0.3 is 19.5 Å². The fourth-order valence-electron chi connectivity index (χ4n) is 2.38. The lowest BCUT2D eigenvalue weighted by Gasteiger charge is -2.13. The Morgan fingerprint density at radius 3 is 2.33 bits per heavy atom. The fraction of sp³-hybridized carbons (Fsp3) is 0.350. The maximum absolute atomic E-state index is 13.4. The van der Waals surface area contributed by atoms with Crippen molar-refractivity contribution in [3.05, 3.63) is 53.6 Å². The minimum Gasteiger partial charge on any atom is -0.490 e. The van der Waals surface area contributed by atoms with E-state index in [1.165, 1.54) is 0 Å². The molecular formula is C20H23F2NO4. The molecule has 0 aliphatic heterocycles. The van der Waals surface area contributed by atoms with Gasteiger partial charge in [-0.05, 0) is 50.1 Å². The summed E-state index contributed by atoms with van der Waals surface area (Å²) in [6, 6.07) is 8.54. The predicted octanol–water partition coefficient (Wildman–Crippen LogP) is 3.50. The molecule has 0 atom stereocenters. The lowest BCUT2D eigenvalue weighted by molar-refractivity contribution is -0.123. The molecular weight excluding hydrogens is 356 g/mol. The summed E-state index contributed by atoms with van der Waals surface area (Å²) in [5.41, 5.74) is 0.979. The normalized spacial score (nSPS) is 10.4. The van der Waals surface area contributed by atoms with Crippen LogP contribution in [0.2, 0.25) is 0 Å². The lowest BCUT2D eigenvalue weighted by Crippen LogP contribution is -2.30. The molecule has 146 valence electrons. The molecule has 1 N–H and O–H groups in total. The zero-order chi connectivity index (χ0) is 19.6. The lowest BCUT2D eigenvalue weighted by atomic mass is 10.1. The molecule has 0 aliphatic rings. The SMILES string of the molecule is CCOc1ccc(CCNC(=O)COc2ccc(F)cc2F)cc1OCC. The summed E-state index contributed by atoms with van der Waals surface area (Å²) in [4.78, 5) is 11.8. The molecule has 1 amide bonds. The van der Waals surface area contributed by atoms with Gasteiger partial charge in [0.15, 0.2) is 29.7 Å². The van der Waals surface area contributed by atoms with Gasteiger partial charge in [-0.3, -0.25) is 4.79 Å². The highest BCUT2D eigenvalue weighted by molar-refractivity contribution is 5.77. The summed E-state index contributed by atoms with van der Waals surface area (Å²) < 4.78 is 42.4. The maximum atomic E-state index is 13.4. The van der Waals surface area contributed by atoms with Crippen molar-refractivity contribution >= 4 is 5.91 Å². The number of halogens is 2. The average Bonchev–Trinajstić information content (AvgIpc) is 2.63. The van der Waals surface area contributed by atoms with E-state index in [1.54, 1.807) is 0 Å². The molecule has 0 spiro atoms. The summed E-state index contributed by atoms with van der Waals surface area (Å²) in [5, 5.41) is 2.69. The number of hydrogen-bond acceptors (Lipinski definition) is 4. The van der Waals surface area contributed by atoms with Gasteiger partial charge in [0, 0.05) is 12.6 Å². The van der Waals surface area contributed by atoms with Gasteiger partial charge in [0.2, 0.25) is 0 Å². The summed E-state index contributed by atoms with van der Waals surface area (Å²) in [6.07, 6.45) is 0.586. The monoisotopic (exact) mass is 379 g/mol. The van der Waals surface area contributed by atoms with Crippen LogP contribution < -0.4 is 19.5 Å². The first-order chi connectivity index (χ1) is 13.0. The summed E-state index contributed by atoms with van der Waals surface area (Å²) in [6.45, 7) is 4.90. The van der Waals surface area contributed by atoms with E-state index in [9.17, 15) is 13.6 Å². The number of amides is 1. The molecule has 0 aliphatic carbocycles. The second-order valence-electron chi connectivity index (χ2n) is 5.61. The van der Waals surface area contributed by atoms with Crippen LogP contribution in [0.5, 0.6) is 17.2 Å². The largest absolute Gasteiger partial charge is 0.490 e. The van der Waals surface area contributed by atoms with Crippen molar-refractivity contribution in [3.8, 4) is 17.2 Å². The average molecular weight is 379 g/mol. The standard InChI is InChI=1S/C20H23F2NO4/c1-3-25-18-7-5-14(11-19(18)26-4-2)9-10-23-20(24)13-27-17-8-6-15(21)12-16(17)22/h5-8,11-12H,3-4,9-10,13H2,1-2H3,(H,23,24). The van der Waals surface area contributed by atoms with Crippen molar-refractivity contribution in [2.45, 2.75) is 20.3 Å². The molecule has 5 nitrogen and oxygen atoms in total. The predicted molar refractivity (Wildman–Crippen MR) is 97.3 cm³/mol. The topological polar surface area (TPSA) is 56.8 Å². The van der Waals surface area contributed by atoms with Crippen LogP contribution >= 0.6 is 0 Å². The van der Waals surface area contributed by atoms with Crippen molar-refractivity contribution in [1.82, 2.24) is 5.32 Å². The highest BCUT2D eigenvalue weighted by atomic mass is 19.1. The van der Waals surface area contributed by atoms with E-state index in [-0.39, 0.29) is 12.4 Å². The van der Waals surface area contributed by atoms with Crippen LogP contribution in [0.4, 0.5) is 8.78 Å². The Labute approximate surface area is 157 Å². The Bertz CT molecular complexity index is 768. The minimum atomic E-state index is -0.847. The molecule has 2 aromatic carbocycles. The van der Waals surface area contributed by atoms with Crippen LogP contribution in [0.3, 0.4) is 0 Å². The van der Waals surface area contributed by atoms with Gasteiger partial charge in [-0.15, -0.1) is 0 Å². The van der Waals surface area contributed by atoms with Gasteiger partial charge in [0.05, 0.1) is 13.2 Å². The quantitative estimate of drug-likeness (QED) is 0.687. The van der Waals surface area contributed by atoms with Crippen LogP contribution in [0.25, 0.3) is 0 Å². The van der Waals surface area contributed by atoms with Gasteiger partial charge in [-0.1, -0.05) is 6.07 Å². The van der Waals surface area contributed by atoms with Crippen molar-refractivity contribution < 1.29 is 27.8 Å². The molecule has 0 unspecified atom stereocenters. The smallest absolute Gasteiger partial charge is 0.257 e. The first-order valence-corrected chi connectivity index (χ1v) is 8.76. The van der Waals surface area contributed by atoms with Gasteiger partial charge in [0.1, 0.15) is 5.82 Å². The summed E-state index contributed by atoms with van der Waals surface area (Å²) in [7, 11) is 0. The van der Waals surface area contributed by atoms with Crippen LogP contribution in [0.1, 0.15) is 19.4 Å². The van der Waals surface area contributed by atoms with Crippen molar-refractivity contribution in [3.63, 3.8) is 0 Å². The fourth-order valence-corrected chi connectivity index (χ4v) is 2.38. The molecule has 0 saturated carbocycles. The maximum Gasteiger partial charge on any atom is 0.257 e. The molecule has 7 heteroatoms. The molecule has 2 rings (SSSR count). The van der Waals surface area contributed by atoms with E-state index in [4.69, 9.17) is 14.2 Å². The molecule has 0 bridgehead atoms. The number of carbonyl (C=O) groups excluding carboxylic acids is 1. The Morgan fingerprint density at radius 2 is 1.63 bits per heavy atom. The van der Waals surface area contributed by atoms with Crippen LogP contribution in [-0.2, 0) is 11.2 Å². The summed E-state index contributed by atoms with van der Waals surface area (Å²) in [5.74, 6) is -0.763. The third-order valence-corrected chi connectivity index (χ3v) is 3.60. The van der Waals surface area contributed by atoms with E-state index in [0.29, 0.717) is 43.7 Å². The van der Waals surface area contributed by atoms with E-state index < -0.39 is 17.5 Å². The highest BCUT2D eigenvalue weighted by Crippen LogP contribution is 2.28. The van der Waals surface area contributed by atoms with E-state index in [1.807, 2.05) is 32.0 Å². The molecule has 0 saturated heterocycles. The van der Waals surface area contributed by atoms with E-state index in [2.05, 4.69) is 5.32 Å². The molecule has 2 aromatic rings. The molecule has 0 fully saturated rings. The first kappa shape index (κ1) is 20.5. The van der Waals surface area contributed by atoms with Crippen LogP contribution in [0, 0.1) is 11.6 Å². The molecule has 27 heavy (non-hydrogen) atoms. The zero-order valence-corrected chi connectivity index (χ0v) is 15.4. The highest BCUT2D eigenvalue weighted by Gasteiger charge is 2.09. The third kappa shape index (κ3) is 6.44. The van der Waals surface area contributed by atoms with Gasteiger partial charge in [-0.2, -0.15) is 0 Å².